The number of carbonyl (C=O) groups excluding carboxylic acids is 1. The largest absolute Gasteiger partial charge is 0.295 e. The van der Waals surface area contributed by atoms with Crippen molar-refractivity contribution in [3.63, 3.8) is 0 Å². The van der Waals surface area contributed by atoms with Crippen LogP contribution in [0, 0.1) is 19.7 Å². The first-order valence-electron chi connectivity index (χ1n) is 7.77. The number of anilines is 1. The molecule has 0 unspecified atom stereocenters. The SMILES string of the molecule is Cc1ccc(N2C(=O)c3n[nH]c(C)c3[C@@H]2c2ccccc2F)cc1. The molecule has 5 heteroatoms. The van der Waals surface area contributed by atoms with Crippen LogP contribution in [0.15, 0.2) is 48.5 Å². The van der Waals surface area contributed by atoms with Crippen molar-refractivity contribution in [2.75, 3.05) is 4.90 Å². The summed E-state index contributed by atoms with van der Waals surface area (Å²) in [7, 11) is 0. The molecule has 24 heavy (non-hydrogen) atoms. The number of aromatic amines is 1. The number of nitrogens with zero attached hydrogens (tertiary/aromatic N) is 2. The molecule has 120 valence electrons. The quantitative estimate of drug-likeness (QED) is 0.778. The van der Waals surface area contributed by atoms with Gasteiger partial charge in [0.25, 0.3) is 5.91 Å². The van der Waals surface area contributed by atoms with Crippen LogP contribution in [0.25, 0.3) is 0 Å². The van der Waals surface area contributed by atoms with Gasteiger partial charge in [-0.05, 0) is 32.0 Å². The highest BCUT2D eigenvalue weighted by Gasteiger charge is 2.43. The fraction of sp³-hybridized carbons (Fsp3) is 0.158. The fourth-order valence-electron chi connectivity index (χ4n) is 3.26. The number of H-pyrrole nitrogens is 1. The second-order valence-corrected chi connectivity index (χ2v) is 6.05. The summed E-state index contributed by atoms with van der Waals surface area (Å²) in [5.41, 5.74) is 4.18. The van der Waals surface area contributed by atoms with Crippen LogP contribution in [0.4, 0.5) is 10.1 Å². The highest BCUT2D eigenvalue weighted by atomic mass is 19.1. The molecule has 4 nitrogen and oxygen atoms in total. The van der Waals surface area contributed by atoms with Gasteiger partial charge in [0.1, 0.15) is 5.82 Å². The summed E-state index contributed by atoms with van der Waals surface area (Å²) in [6, 6.07) is 13.7. The summed E-state index contributed by atoms with van der Waals surface area (Å²) in [6.45, 7) is 3.84. The van der Waals surface area contributed by atoms with Gasteiger partial charge in [-0.2, -0.15) is 5.10 Å². The standard InChI is InChI=1S/C19H16FN3O/c1-11-7-9-13(10-8-11)23-18(14-5-3-4-6-15(14)20)16-12(2)21-22-17(16)19(23)24/h3-10,18H,1-2H3,(H,21,22)/t18-/m0/s1. The summed E-state index contributed by atoms with van der Waals surface area (Å²) < 4.78 is 14.5. The molecule has 1 atom stereocenters. The van der Waals surface area contributed by atoms with Gasteiger partial charge >= 0.3 is 0 Å². The average molecular weight is 321 g/mol. The van der Waals surface area contributed by atoms with Gasteiger partial charge in [-0.1, -0.05) is 35.9 Å². The number of amides is 1. The number of fused-ring (bicyclic) bond motifs is 1. The molecule has 2 aromatic carbocycles. The molecular weight excluding hydrogens is 305 g/mol. The smallest absolute Gasteiger partial charge is 0.280 e. The molecule has 1 aromatic heterocycles. The molecule has 0 spiro atoms. The molecule has 2 heterocycles. The summed E-state index contributed by atoms with van der Waals surface area (Å²) >= 11 is 0. The van der Waals surface area contributed by atoms with Crippen molar-refractivity contribution in [1.82, 2.24) is 10.2 Å². The van der Waals surface area contributed by atoms with E-state index in [9.17, 15) is 9.18 Å². The lowest BCUT2D eigenvalue weighted by Crippen LogP contribution is -2.29. The lowest BCUT2D eigenvalue weighted by Gasteiger charge is -2.26. The van der Waals surface area contributed by atoms with E-state index >= 15 is 0 Å². The maximum atomic E-state index is 14.5. The van der Waals surface area contributed by atoms with E-state index in [0.717, 1.165) is 22.5 Å². The number of carbonyl (C=O) groups is 1. The van der Waals surface area contributed by atoms with E-state index in [1.165, 1.54) is 6.07 Å². The van der Waals surface area contributed by atoms with Crippen LogP contribution >= 0.6 is 0 Å². The highest BCUT2D eigenvalue weighted by Crippen LogP contribution is 2.42. The van der Waals surface area contributed by atoms with Gasteiger partial charge in [-0.25, -0.2) is 4.39 Å². The van der Waals surface area contributed by atoms with E-state index in [1.54, 1.807) is 23.1 Å². The molecule has 0 saturated heterocycles. The molecule has 0 saturated carbocycles. The van der Waals surface area contributed by atoms with Crippen LogP contribution in [-0.2, 0) is 0 Å². The van der Waals surface area contributed by atoms with Crippen LogP contribution < -0.4 is 4.90 Å². The molecule has 0 aliphatic carbocycles. The van der Waals surface area contributed by atoms with Crippen molar-refractivity contribution in [3.05, 3.63) is 82.4 Å². The minimum atomic E-state index is -0.518. The molecule has 1 amide bonds. The topological polar surface area (TPSA) is 49.0 Å². The Hall–Kier alpha value is -2.95. The predicted molar refractivity (Wildman–Crippen MR) is 89.6 cm³/mol. The zero-order valence-corrected chi connectivity index (χ0v) is 13.4. The van der Waals surface area contributed by atoms with Gasteiger partial charge in [0, 0.05) is 22.5 Å². The van der Waals surface area contributed by atoms with E-state index in [2.05, 4.69) is 10.2 Å². The summed E-state index contributed by atoms with van der Waals surface area (Å²) in [6.07, 6.45) is 0. The number of rotatable bonds is 2. The molecule has 0 radical (unpaired) electrons. The van der Waals surface area contributed by atoms with Gasteiger partial charge in [0.2, 0.25) is 0 Å². The fourth-order valence-corrected chi connectivity index (χ4v) is 3.26. The normalized spacial score (nSPS) is 16.5. The average Bonchev–Trinajstić information content (AvgIpc) is 3.08. The molecule has 1 aliphatic rings. The van der Waals surface area contributed by atoms with Crippen molar-refractivity contribution >= 4 is 11.6 Å². The predicted octanol–water partition coefficient (Wildman–Crippen LogP) is 3.92. The third kappa shape index (κ3) is 2.05. The number of hydrogen-bond donors (Lipinski definition) is 1. The Morgan fingerprint density at radius 2 is 1.79 bits per heavy atom. The minimum absolute atomic E-state index is 0.216. The zero-order valence-electron chi connectivity index (χ0n) is 13.4. The first-order chi connectivity index (χ1) is 11.6. The van der Waals surface area contributed by atoms with Crippen molar-refractivity contribution in [2.24, 2.45) is 0 Å². The first-order valence-corrected chi connectivity index (χ1v) is 7.77. The van der Waals surface area contributed by atoms with Crippen LogP contribution in [0.2, 0.25) is 0 Å². The first kappa shape index (κ1) is 14.6. The second kappa shape index (κ2) is 5.30. The van der Waals surface area contributed by atoms with Crippen LogP contribution in [-0.4, -0.2) is 16.1 Å². The van der Waals surface area contributed by atoms with E-state index in [-0.39, 0.29) is 11.7 Å². The summed E-state index contributed by atoms with van der Waals surface area (Å²) in [4.78, 5) is 14.5. The molecular formula is C19H16FN3O. The Labute approximate surface area is 138 Å². The molecule has 4 rings (SSSR count). The third-order valence-corrected chi connectivity index (χ3v) is 4.46. The monoisotopic (exact) mass is 321 g/mol. The minimum Gasteiger partial charge on any atom is -0.295 e. The molecule has 0 bridgehead atoms. The maximum absolute atomic E-state index is 14.5. The number of nitrogens with one attached hydrogen (secondary N) is 1. The number of halogens is 1. The van der Waals surface area contributed by atoms with Crippen LogP contribution in [0.3, 0.4) is 0 Å². The number of aryl methyl sites for hydroxylation is 2. The van der Waals surface area contributed by atoms with Gasteiger partial charge in [0.15, 0.2) is 5.69 Å². The van der Waals surface area contributed by atoms with E-state index in [1.807, 2.05) is 38.1 Å². The number of hydrogen-bond acceptors (Lipinski definition) is 2. The second-order valence-electron chi connectivity index (χ2n) is 6.05. The van der Waals surface area contributed by atoms with E-state index in [0.29, 0.717) is 11.3 Å². The Bertz CT molecular complexity index is 930. The third-order valence-electron chi connectivity index (χ3n) is 4.46. The lowest BCUT2D eigenvalue weighted by atomic mass is 9.98. The van der Waals surface area contributed by atoms with Gasteiger partial charge in [-0.15, -0.1) is 0 Å². The van der Waals surface area contributed by atoms with Crippen LogP contribution in [0.1, 0.15) is 38.9 Å². The molecule has 1 aliphatic heterocycles. The molecule has 3 aromatic rings. The molecule has 0 fully saturated rings. The zero-order chi connectivity index (χ0) is 16.8. The van der Waals surface area contributed by atoms with Crippen molar-refractivity contribution in [2.45, 2.75) is 19.9 Å². The van der Waals surface area contributed by atoms with Gasteiger partial charge in [0.05, 0.1) is 6.04 Å². The summed E-state index contributed by atoms with van der Waals surface area (Å²) in [5, 5.41) is 6.99. The Balaban J connectivity index is 1.94. The van der Waals surface area contributed by atoms with Crippen molar-refractivity contribution in [3.8, 4) is 0 Å². The van der Waals surface area contributed by atoms with Gasteiger partial charge < -0.3 is 0 Å². The van der Waals surface area contributed by atoms with E-state index in [4.69, 9.17) is 0 Å². The number of benzene rings is 2. The van der Waals surface area contributed by atoms with Crippen molar-refractivity contribution < 1.29 is 9.18 Å². The van der Waals surface area contributed by atoms with Crippen LogP contribution in [0.5, 0.6) is 0 Å². The van der Waals surface area contributed by atoms with Gasteiger partial charge in [-0.3, -0.25) is 14.8 Å². The maximum Gasteiger partial charge on any atom is 0.280 e. The van der Waals surface area contributed by atoms with E-state index < -0.39 is 6.04 Å². The Morgan fingerprint density at radius 3 is 2.50 bits per heavy atom. The lowest BCUT2D eigenvalue weighted by molar-refractivity contribution is 0.0988. The Morgan fingerprint density at radius 1 is 1.08 bits per heavy atom. The summed E-state index contributed by atoms with van der Waals surface area (Å²) in [5.74, 6) is -0.549. The highest BCUT2D eigenvalue weighted by molar-refractivity contribution is 6.10. The molecule has 1 N–H and O–H groups in total. The van der Waals surface area contributed by atoms with Crippen molar-refractivity contribution in [1.29, 1.82) is 0 Å². The Kier molecular flexibility index (Phi) is 3.23. The number of aromatic nitrogens is 2.